The number of carboxylic acids is 2. The molecule has 4 N–H and O–H groups in total. The zero-order chi connectivity index (χ0) is 19.4. The monoisotopic (exact) mass is 346 g/mol. The minimum absolute atomic E-state index is 0.0846. The SMILES string of the molecule is CC(=O)O.CC(=O)O.C[C@H](N)Cn1ccnc1-c1ccc(C#N)cc1. The summed E-state index contributed by atoms with van der Waals surface area (Å²) < 4.78 is 2.02. The highest BCUT2D eigenvalue weighted by atomic mass is 16.4. The first-order valence-electron chi connectivity index (χ1n) is 7.33. The predicted octanol–water partition coefficient (Wildman–Crippen LogP) is 1.95. The lowest BCUT2D eigenvalue weighted by atomic mass is 10.1. The number of rotatable bonds is 3. The lowest BCUT2D eigenvalue weighted by Crippen LogP contribution is -2.22. The lowest BCUT2D eigenvalue weighted by Gasteiger charge is -2.10. The highest BCUT2D eigenvalue weighted by molar-refractivity contribution is 5.63. The number of nitrogens with zero attached hydrogens (tertiary/aromatic N) is 3. The van der Waals surface area contributed by atoms with Crippen LogP contribution in [0, 0.1) is 11.3 Å². The van der Waals surface area contributed by atoms with Gasteiger partial charge < -0.3 is 20.5 Å². The molecule has 0 bridgehead atoms. The standard InChI is InChI=1S/C13H14N4.2C2H4O2/c1-10(15)9-17-7-6-16-13(17)12-4-2-11(8-14)3-5-12;2*1-2(3)4/h2-7,10H,9,15H2,1H3;2*1H3,(H,3,4)/t10-;;/m0../s1. The largest absolute Gasteiger partial charge is 0.481 e. The van der Waals surface area contributed by atoms with Crippen LogP contribution in [0.5, 0.6) is 0 Å². The van der Waals surface area contributed by atoms with E-state index in [9.17, 15) is 0 Å². The number of carbonyl (C=O) groups is 2. The minimum atomic E-state index is -0.833. The quantitative estimate of drug-likeness (QED) is 0.770. The van der Waals surface area contributed by atoms with Crippen molar-refractivity contribution in [2.45, 2.75) is 33.4 Å². The molecule has 0 unspecified atom stereocenters. The maximum atomic E-state index is 9.00. The van der Waals surface area contributed by atoms with Crippen LogP contribution >= 0.6 is 0 Å². The number of aromatic nitrogens is 2. The third-order valence-corrected chi connectivity index (χ3v) is 2.47. The van der Waals surface area contributed by atoms with Crippen LogP contribution in [0.25, 0.3) is 11.4 Å². The molecule has 134 valence electrons. The molecule has 0 fully saturated rings. The fourth-order valence-electron chi connectivity index (χ4n) is 1.72. The van der Waals surface area contributed by atoms with Gasteiger partial charge in [-0.15, -0.1) is 0 Å². The van der Waals surface area contributed by atoms with Gasteiger partial charge in [0.15, 0.2) is 0 Å². The van der Waals surface area contributed by atoms with Gasteiger partial charge >= 0.3 is 0 Å². The molecule has 0 radical (unpaired) electrons. The van der Waals surface area contributed by atoms with Crippen molar-refractivity contribution in [2.75, 3.05) is 0 Å². The van der Waals surface area contributed by atoms with Crippen LogP contribution < -0.4 is 5.73 Å². The Balaban J connectivity index is 0.000000609. The van der Waals surface area contributed by atoms with E-state index in [0.717, 1.165) is 31.8 Å². The van der Waals surface area contributed by atoms with Crippen LogP contribution in [0.1, 0.15) is 26.3 Å². The summed E-state index contributed by atoms with van der Waals surface area (Å²) in [5, 5.41) is 23.6. The number of imidazole rings is 1. The van der Waals surface area contributed by atoms with Gasteiger partial charge in [0.25, 0.3) is 11.9 Å². The number of nitriles is 1. The molecular formula is C17H22N4O4. The summed E-state index contributed by atoms with van der Waals surface area (Å²) in [5.74, 6) is -0.785. The average Bonchev–Trinajstić information content (AvgIpc) is 2.93. The molecule has 1 aromatic heterocycles. The summed E-state index contributed by atoms with van der Waals surface area (Å²) in [6, 6.07) is 9.57. The third kappa shape index (κ3) is 10.3. The molecular weight excluding hydrogens is 324 g/mol. The maximum Gasteiger partial charge on any atom is 0.300 e. The van der Waals surface area contributed by atoms with Crippen molar-refractivity contribution in [3.63, 3.8) is 0 Å². The number of hydrogen-bond acceptors (Lipinski definition) is 5. The van der Waals surface area contributed by atoms with E-state index in [1.54, 1.807) is 18.3 Å². The van der Waals surface area contributed by atoms with Crippen molar-refractivity contribution < 1.29 is 19.8 Å². The molecule has 1 heterocycles. The summed E-state index contributed by atoms with van der Waals surface area (Å²) in [7, 11) is 0. The Morgan fingerprint density at radius 1 is 1.24 bits per heavy atom. The Morgan fingerprint density at radius 2 is 1.72 bits per heavy atom. The van der Waals surface area contributed by atoms with E-state index in [4.69, 9.17) is 30.8 Å². The Morgan fingerprint density at radius 3 is 2.12 bits per heavy atom. The second-order valence-electron chi connectivity index (χ2n) is 5.11. The Labute approximate surface area is 146 Å². The normalized spacial score (nSPS) is 10.2. The number of hydrogen-bond donors (Lipinski definition) is 3. The molecule has 2 aromatic rings. The summed E-state index contributed by atoms with van der Waals surface area (Å²) >= 11 is 0. The van der Waals surface area contributed by atoms with Crippen LogP contribution in [0.4, 0.5) is 0 Å². The highest BCUT2D eigenvalue weighted by Gasteiger charge is 2.07. The number of nitrogens with two attached hydrogens (primary N) is 1. The molecule has 0 aliphatic carbocycles. The molecule has 0 saturated heterocycles. The topological polar surface area (TPSA) is 142 Å². The van der Waals surface area contributed by atoms with Crippen molar-refractivity contribution in [3.05, 3.63) is 42.2 Å². The molecule has 0 amide bonds. The molecule has 8 heteroatoms. The second-order valence-corrected chi connectivity index (χ2v) is 5.11. The van der Waals surface area contributed by atoms with Gasteiger partial charge in [-0.25, -0.2) is 4.98 Å². The first-order valence-corrected chi connectivity index (χ1v) is 7.33. The van der Waals surface area contributed by atoms with E-state index < -0.39 is 11.9 Å². The van der Waals surface area contributed by atoms with Crippen molar-refractivity contribution in [3.8, 4) is 17.5 Å². The molecule has 1 atom stereocenters. The van der Waals surface area contributed by atoms with Gasteiger partial charge in [-0.05, 0) is 31.2 Å². The van der Waals surface area contributed by atoms with E-state index >= 15 is 0 Å². The van der Waals surface area contributed by atoms with Gasteiger partial charge in [-0.1, -0.05) is 0 Å². The van der Waals surface area contributed by atoms with Gasteiger partial charge in [-0.2, -0.15) is 5.26 Å². The molecule has 8 nitrogen and oxygen atoms in total. The van der Waals surface area contributed by atoms with Crippen LogP contribution in [-0.2, 0) is 16.1 Å². The van der Waals surface area contributed by atoms with Gasteiger partial charge in [-0.3, -0.25) is 9.59 Å². The van der Waals surface area contributed by atoms with Crippen molar-refractivity contribution in [2.24, 2.45) is 5.73 Å². The zero-order valence-electron chi connectivity index (χ0n) is 14.4. The second kappa shape index (κ2) is 11.4. The average molecular weight is 346 g/mol. The van der Waals surface area contributed by atoms with E-state index in [-0.39, 0.29) is 6.04 Å². The van der Waals surface area contributed by atoms with Gasteiger partial charge in [0.2, 0.25) is 0 Å². The molecule has 1 aromatic carbocycles. The van der Waals surface area contributed by atoms with E-state index in [1.807, 2.05) is 29.8 Å². The Kier molecular flexibility index (Phi) is 9.92. The first-order chi connectivity index (χ1) is 11.7. The highest BCUT2D eigenvalue weighted by Crippen LogP contribution is 2.18. The summed E-state index contributed by atoms with van der Waals surface area (Å²) in [6.07, 6.45) is 3.67. The van der Waals surface area contributed by atoms with E-state index in [1.165, 1.54) is 0 Å². The molecule has 0 spiro atoms. The Hall–Kier alpha value is -3.18. The fraction of sp³-hybridized carbons (Fsp3) is 0.294. The van der Waals surface area contributed by atoms with Crippen LogP contribution in [0.3, 0.4) is 0 Å². The minimum Gasteiger partial charge on any atom is -0.481 e. The van der Waals surface area contributed by atoms with Gasteiger partial charge in [0, 0.05) is 44.4 Å². The lowest BCUT2D eigenvalue weighted by molar-refractivity contribution is -0.135. The summed E-state index contributed by atoms with van der Waals surface area (Å²) in [6.45, 7) is 4.86. The third-order valence-electron chi connectivity index (χ3n) is 2.47. The molecule has 0 saturated carbocycles. The number of benzene rings is 1. The van der Waals surface area contributed by atoms with Crippen LogP contribution in [-0.4, -0.2) is 37.7 Å². The van der Waals surface area contributed by atoms with E-state index in [0.29, 0.717) is 5.56 Å². The molecule has 0 aliphatic rings. The summed E-state index contributed by atoms with van der Waals surface area (Å²) in [4.78, 5) is 22.3. The zero-order valence-corrected chi connectivity index (χ0v) is 14.4. The Bertz CT molecular complexity index is 695. The fourth-order valence-corrected chi connectivity index (χ4v) is 1.72. The molecule has 25 heavy (non-hydrogen) atoms. The van der Waals surface area contributed by atoms with Crippen molar-refractivity contribution in [1.29, 1.82) is 5.26 Å². The number of aliphatic carboxylic acids is 2. The molecule has 2 rings (SSSR count). The van der Waals surface area contributed by atoms with Gasteiger partial charge in [0.1, 0.15) is 5.82 Å². The summed E-state index contributed by atoms with van der Waals surface area (Å²) in [5.41, 5.74) is 7.43. The van der Waals surface area contributed by atoms with Crippen molar-refractivity contribution >= 4 is 11.9 Å². The first kappa shape index (κ1) is 21.8. The van der Waals surface area contributed by atoms with E-state index in [2.05, 4.69) is 11.1 Å². The predicted molar refractivity (Wildman–Crippen MR) is 92.6 cm³/mol. The van der Waals surface area contributed by atoms with Crippen molar-refractivity contribution in [1.82, 2.24) is 9.55 Å². The molecule has 0 aliphatic heterocycles. The smallest absolute Gasteiger partial charge is 0.300 e. The van der Waals surface area contributed by atoms with Gasteiger partial charge in [0.05, 0.1) is 11.6 Å². The van der Waals surface area contributed by atoms with Crippen LogP contribution in [0.2, 0.25) is 0 Å². The number of carboxylic acid groups (broad SMARTS) is 2. The maximum absolute atomic E-state index is 9.00. The van der Waals surface area contributed by atoms with Crippen LogP contribution in [0.15, 0.2) is 36.7 Å².